The van der Waals surface area contributed by atoms with Crippen LogP contribution >= 0.6 is 11.6 Å². The predicted molar refractivity (Wildman–Crippen MR) is 94.1 cm³/mol. The van der Waals surface area contributed by atoms with Crippen molar-refractivity contribution in [2.45, 2.75) is 13.3 Å². The number of para-hydroxylation sites is 1. The van der Waals surface area contributed by atoms with Crippen molar-refractivity contribution in [3.63, 3.8) is 0 Å². The van der Waals surface area contributed by atoms with Gasteiger partial charge in [-0.1, -0.05) is 29.8 Å². The summed E-state index contributed by atoms with van der Waals surface area (Å²) in [5.41, 5.74) is 1.78. The molecule has 0 spiro atoms. The van der Waals surface area contributed by atoms with Crippen LogP contribution in [-0.2, 0) is 9.59 Å². The number of halogens is 1. The predicted octanol–water partition coefficient (Wildman–Crippen LogP) is 3.42. The SMILES string of the molecule is Cc1c(Cl)cccc1N1C[C@H](C(=O)Oc2ccccc2C=O)CC1=O. The van der Waals surface area contributed by atoms with Gasteiger partial charge in [-0.15, -0.1) is 0 Å². The van der Waals surface area contributed by atoms with Crippen LogP contribution in [-0.4, -0.2) is 24.7 Å². The van der Waals surface area contributed by atoms with Gasteiger partial charge in [0.2, 0.25) is 5.91 Å². The molecule has 0 unspecified atom stereocenters. The molecule has 0 saturated carbocycles. The molecule has 128 valence electrons. The van der Waals surface area contributed by atoms with Gasteiger partial charge in [-0.05, 0) is 36.8 Å². The largest absolute Gasteiger partial charge is 0.425 e. The third kappa shape index (κ3) is 3.42. The molecule has 0 N–H and O–H groups in total. The van der Waals surface area contributed by atoms with E-state index in [0.29, 0.717) is 22.6 Å². The summed E-state index contributed by atoms with van der Waals surface area (Å²) in [4.78, 5) is 37.3. The molecule has 1 atom stereocenters. The fourth-order valence-electron chi connectivity index (χ4n) is 2.85. The second-order valence-electron chi connectivity index (χ2n) is 5.87. The maximum absolute atomic E-state index is 12.4. The van der Waals surface area contributed by atoms with Gasteiger partial charge in [0.15, 0.2) is 6.29 Å². The Hall–Kier alpha value is -2.66. The van der Waals surface area contributed by atoms with Crippen molar-refractivity contribution in [1.82, 2.24) is 0 Å². The third-order valence-electron chi connectivity index (χ3n) is 4.24. The van der Waals surface area contributed by atoms with E-state index in [4.69, 9.17) is 16.3 Å². The molecule has 0 aliphatic carbocycles. The molecule has 0 radical (unpaired) electrons. The molecule has 1 aliphatic rings. The standard InChI is InChI=1S/C19H16ClNO4/c1-12-15(20)6-4-7-16(12)21-10-14(9-18(21)23)19(24)25-17-8-3-2-5-13(17)11-22/h2-8,11,14H,9-10H2,1H3/t14-/m1/s1. The first kappa shape index (κ1) is 17.2. The van der Waals surface area contributed by atoms with Gasteiger partial charge in [0, 0.05) is 23.7 Å². The number of ether oxygens (including phenoxy) is 1. The van der Waals surface area contributed by atoms with E-state index in [-0.39, 0.29) is 24.6 Å². The number of esters is 1. The Morgan fingerprint density at radius 3 is 2.76 bits per heavy atom. The average Bonchev–Trinajstić information content (AvgIpc) is 2.99. The summed E-state index contributed by atoms with van der Waals surface area (Å²) in [7, 11) is 0. The highest BCUT2D eigenvalue weighted by Gasteiger charge is 2.37. The highest BCUT2D eigenvalue weighted by Crippen LogP contribution is 2.32. The molecule has 2 aromatic carbocycles. The summed E-state index contributed by atoms with van der Waals surface area (Å²) >= 11 is 6.12. The maximum Gasteiger partial charge on any atom is 0.316 e. The van der Waals surface area contributed by atoms with E-state index in [1.807, 2.05) is 6.92 Å². The number of rotatable bonds is 4. The van der Waals surface area contributed by atoms with E-state index in [1.165, 1.54) is 0 Å². The van der Waals surface area contributed by atoms with E-state index < -0.39 is 11.9 Å². The van der Waals surface area contributed by atoms with Crippen LogP contribution in [0.3, 0.4) is 0 Å². The number of carbonyl (C=O) groups is 3. The number of hydrogen-bond donors (Lipinski definition) is 0. The molecule has 5 nitrogen and oxygen atoms in total. The summed E-state index contributed by atoms with van der Waals surface area (Å²) in [5.74, 6) is -1.07. The summed E-state index contributed by atoms with van der Waals surface area (Å²) in [6.07, 6.45) is 0.693. The Labute approximate surface area is 150 Å². The minimum atomic E-state index is -0.592. The lowest BCUT2D eigenvalue weighted by molar-refractivity contribution is -0.139. The first-order chi connectivity index (χ1) is 12.0. The van der Waals surface area contributed by atoms with E-state index in [2.05, 4.69) is 0 Å². The van der Waals surface area contributed by atoms with E-state index in [9.17, 15) is 14.4 Å². The summed E-state index contributed by atoms with van der Waals surface area (Å²) in [6, 6.07) is 11.8. The van der Waals surface area contributed by atoms with Crippen molar-refractivity contribution < 1.29 is 19.1 Å². The van der Waals surface area contributed by atoms with Crippen LogP contribution in [0.1, 0.15) is 22.3 Å². The molecule has 1 aliphatic heterocycles. The number of aldehydes is 1. The Bertz CT molecular complexity index is 849. The topological polar surface area (TPSA) is 63.7 Å². The zero-order valence-electron chi connectivity index (χ0n) is 13.6. The number of benzene rings is 2. The zero-order chi connectivity index (χ0) is 18.0. The van der Waals surface area contributed by atoms with Gasteiger partial charge in [0.25, 0.3) is 0 Å². The van der Waals surface area contributed by atoms with Crippen LogP contribution in [0.15, 0.2) is 42.5 Å². The van der Waals surface area contributed by atoms with Crippen molar-refractivity contribution in [2.75, 3.05) is 11.4 Å². The van der Waals surface area contributed by atoms with Crippen molar-refractivity contribution in [3.8, 4) is 5.75 Å². The summed E-state index contributed by atoms with van der Waals surface area (Å²) < 4.78 is 5.33. The number of hydrogen-bond acceptors (Lipinski definition) is 4. The smallest absolute Gasteiger partial charge is 0.316 e. The van der Waals surface area contributed by atoms with Crippen LogP contribution < -0.4 is 9.64 Å². The van der Waals surface area contributed by atoms with Gasteiger partial charge in [-0.25, -0.2) is 0 Å². The highest BCUT2D eigenvalue weighted by molar-refractivity contribution is 6.31. The number of anilines is 1. The summed E-state index contributed by atoms with van der Waals surface area (Å²) in [5, 5.41) is 0.566. The Morgan fingerprint density at radius 2 is 2.00 bits per heavy atom. The van der Waals surface area contributed by atoms with E-state index >= 15 is 0 Å². The lowest BCUT2D eigenvalue weighted by Crippen LogP contribution is -2.28. The van der Waals surface area contributed by atoms with Crippen molar-refractivity contribution >= 4 is 35.5 Å². The lowest BCUT2D eigenvalue weighted by atomic mass is 10.1. The molecule has 3 rings (SSSR count). The quantitative estimate of drug-likeness (QED) is 0.478. The van der Waals surface area contributed by atoms with Crippen LogP contribution in [0.25, 0.3) is 0 Å². The molecule has 1 fully saturated rings. The van der Waals surface area contributed by atoms with Gasteiger partial charge in [-0.3, -0.25) is 14.4 Å². The number of nitrogens with zero attached hydrogens (tertiary/aromatic N) is 1. The molecule has 1 amide bonds. The second kappa shape index (κ2) is 7.07. The molecule has 6 heteroatoms. The maximum atomic E-state index is 12.4. The second-order valence-corrected chi connectivity index (χ2v) is 6.27. The highest BCUT2D eigenvalue weighted by atomic mass is 35.5. The van der Waals surface area contributed by atoms with Gasteiger partial charge in [0.05, 0.1) is 11.5 Å². The van der Waals surface area contributed by atoms with Crippen LogP contribution in [0.4, 0.5) is 5.69 Å². The average molecular weight is 358 g/mol. The van der Waals surface area contributed by atoms with Crippen LogP contribution in [0.5, 0.6) is 5.75 Å². The van der Waals surface area contributed by atoms with Gasteiger partial charge >= 0.3 is 5.97 Å². The normalized spacial score (nSPS) is 16.8. The molecular weight excluding hydrogens is 342 g/mol. The molecular formula is C19H16ClNO4. The van der Waals surface area contributed by atoms with E-state index in [0.717, 1.165) is 5.56 Å². The fraction of sp³-hybridized carbons (Fsp3) is 0.211. The Morgan fingerprint density at radius 1 is 1.24 bits per heavy atom. The first-order valence-corrected chi connectivity index (χ1v) is 8.20. The molecule has 0 bridgehead atoms. The minimum absolute atomic E-state index is 0.0635. The first-order valence-electron chi connectivity index (χ1n) is 7.82. The fourth-order valence-corrected chi connectivity index (χ4v) is 3.02. The van der Waals surface area contributed by atoms with E-state index in [1.54, 1.807) is 47.4 Å². The number of amides is 1. The Kier molecular flexibility index (Phi) is 4.86. The lowest BCUT2D eigenvalue weighted by Gasteiger charge is -2.19. The molecule has 0 aromatic heterocycles. The van der Waals surface area contributed by atoms with Crippen molar-refractivity contribution in [1.29, 1.82) is 0 Å². The minimum Gasteiger partial charge on any atom is -0.425 e. The van der Waals surface area contributed by atoms with Gasteiger partial charge in [-0.2, -0.15) is 0 Å². The van der Waals surface area contributed by atoms with Crippen molar-refractivity contribution in [2.24, 2.45) is 5.92 Å². The van der Waals surface area contributed by atoms with Gasteiger partial charge < -0.3 is 9.64 Å². The van der Waals surface area contributed by atoms with Gasteiger partial charge in [0.1, 0.15) is 5.75 Å². The number of carbonyl (C=O) groups excluding carboxylic acids is 3. The molecule has 1 saturated heterocycles. The molecule has 25 heavy (non-hydrogen) atoms. The zero-order valence-corrected chi connectivity index (χ0v) is 14.3. The molecule has 2 aromatic rings. The van der Waals surface area contributed by atoms with Crippen molar-refractivity contribution in [3.05, 3.63) is 58.6 Å². The van der Waals surface area contributed by atoms with Crippen LogP contribution in [0, 0.1) is 12.8 Å². The third-order valence-corrected chi connectivity index (χ3v) is 4.65. The monoisotopic (exact) mass is 357 g/mol. The van der Waals surface area contributed by atoms with Crippen LogP contribution in [0.2, 0.25) is 5.02 Å². The molecule has 1 heterocycles. The Balaban J connectivity index is 1.77. The summed E-state index contributed by atoms with van der Waals surface area (Å²) in [6.45, 7) is 2.05.